The maximum atomic E-state index is 13.4. The van der Waals surface area contributed by atoms with E-state index in [4.69, 9.17) is 16.3 Å². The van der Waals surface area contributed by atoms with E-state index in [0.29, 0.717) is 28.4 Å². The van der Waals surface area contributed by atoms with Crippen LogP contribution in [-0.4, -0.2) is 56.7 Å². The minimum absolute atomic E-state index is 0.318. The SMILES string of the molecule is COC(=O)C1=C(CN2CCN(c3ccc(Cl)cc3)CC2)NC(=O)N[C@H]1c1ccc(F)cc1. The minimum Gasteiger partial charge on any atom is -0.466 e. The number of carbonyl (C=O) groups is 2. The summed E-state index contributed by atoms with van der Waals surface area (Å²) in [5.74, 6) is -0.932. The monoisotopic (exact) mass is 458 g/mol. The van der Waals surface area contributed by atoms with Gasteiger partial charge in [-0.25, -0.2) is 14.0 Å². The van der Waals surface area contributed by atoms with Crippen LogP contribution in [0.15, 0.2) is 59.8 Å². The fraction of sp³-hybridized carbons (Fsp3) is 0.304. The third-order valence-electron chi connectivity index (χ3n) is 5.71. The van der Waals surface area contributed by atoms with Gasteiger partial charge in [0.2, 0.25) is 0 Å². The summed E-state index contributed by atoms with van der Waals surface area (Å²) in [4.78, 5) is 29.5. The number of nitrogens with zero attached hydrogens (tertiary/aromatic N) is 2. The third kappa shape index (κ3) is 4.87. The van der Waals surface area contributed by atoms with Crippen LogP contribution in [0, 0.1) is 5.82 Å². The number of amides is 2. The summed E-state index contributed by atoms with van der Waals surface area (Å²) < 4.78 is 18.4. The standard InChI is InChI=1S/C23H24ClFN4O3/c1-32-22(30)20-19(26-23(31)27-21(20)15-2-6-17(25)7-3-15)14-28-10-12-29(13-11-28)18-8-4-16(24)5-9-18/h2-9,21H,10-14H2,1H3,(H2,26,27,31)/t21-/m0/s1. The molecule has 0 unspecified atom stereocenters. The van der Waals surface area contributed by atoms with E-state index < -0.39 is 23.9 Å². The summed E-state index contributed by atoms with van der Waals surface area (Å²) in [6.07, 6.45) is 0. The smallest absolute Gasteiger partial charge is 0.338 e. The number of hydrogen-bond acceptors (Lipinski definition) is 5. The Morgan fingerprint density at radius 3 is 2.38 bits per heavy atom. The second kappa shape index (κ2) is 9.58. The lowest BCUT2D eigenvalue weighted by Crippen LogP contribution is -2.51. The highest BCUT2D eigenvalue weighted by Crippen LogP contribution is 2.28. The summed E-state index contributed by atoms with van der Waals surface area (Å²) in [7, 11) is 1.30. The molecule has 0 bridgehead atoms. The molecule has 2 heterocycles. The molecule has 7 nitrogen and oxygen atoms in total. The second-order valence-electron chi connectivity index (χ2n) is 7.71. The predicted octanol–water partition coefficient (Wildman–Crippen LogP) is 3.08. The van der Waals surface area contributed by atoms with Crippen molar-refractivity contribution in [1.29, 1.82) is 0 Å². The number of anilines is 1. The van der Waals surface area contributed by atoms with Gasteiger partial charge in [0.15, 0.2) is 0 Å². The van der Waals surface area contributed by atoms with Crippen LogP contribution >= 0.6 is 11.6 Å². The van der Waals surface area contributed by atoms with Gasteiger partial charge >= 0.3 is 12.0 Å². The Morgan fingerprint density at radius 1 is 1.09 bits per heavy atom. The molecule has 2 aliphatic heterocycles. The van der Waals surface area contributed by atoms with Crippen molar-refractivity contribution in [2.45, 2.75) is 6.04 Å². The number of rotatable bonds is 5. The highest BCUT2D eigenvalue weighted by atomic mass is 35.5. The Bertz CT molecular complexity index is 1020. The first-order valence-corrected chi connectivity index (χ1v) is 10.7. The molecule has 1 fully saturated rings. The summed E-state index contributed by atoms with van der Waals surface area (Å²) in [6.45, 7) is 3.51. The lowest BCUT2D eigenvalue weighted by Gasteiger charge is -2.38. The van der Waals surface area contributed by atoms with Gasteiger partial charge in [-0.1, -0.05) is 23.7 Å². The van der Waals surface area contributed by atoms with Crippen LogP contribution in [0.1, 0.15) is 11.6 Å². The second-order valence-corrected chi connectivity index (χ2v) is 8.14. The number of halogens is 2. The lowest BCUT2D eigenvalue weighted by molar-refractivity contribution is -0.136. The van der Waals surface area contributed by atoms with Crippen molar-refractivity contribution in [3.8, 4) is 0 Å². The Hall–Kier alpha value is -3.10. The third-order valence-corrected chi connectivity index (χ3v) is 5.96. The van der Waals surface area contributed by atoms with Gasteiger partial charge in [0.1, 0.15) is 5.82 Å². The Labute approximate surface area is 190 Å². The van der Waals surface area contributed by atoms with Crippen LogP contribution in [0.2, 0.25) is 5.02 Å². The zero-order valence-corrected chi connectivity index (χ0v) is 18.4. The highest BCUT2D eigenvalue weighted by Gasteiger charge is 2.34. The molecule has 1 saturated heterocycles. The largest absolute Gasteiger partial charge is 0.466 e. The molecule has 9 heteroatoms. The molecule has 0 saturated carbocycles. The quantitative estimate of drug-likeness (QED) is 0.674. The summed E-state index contributed by atoms with van der Waals surface area (Å²) in [5.41, 5.74) is 2.52. The van der Waals surface area contributed by atoms with E-state index in [1.807, 2.05) is 24.3 Å². The fourth-order valence-electron chi connectivity index (χ4n) is 4.04. The van der Waals surface area contributed by atoms with Crippen molar-refractivity contribution in [3.63, 3.8) is 0 Å². The average Bonchev–Trinajstić information content (AvgIpc) is 2.80. The van der Waals surface area contributed by atoms with Crippen LogP contribution < -0.4 is 15.5 Å². The number of piperazine rings is 1. The summed E-state index contributed by atoms with van der Waals surface area (Å²) in [6, 6.07) is 12.3. The first kappa shape index (κ1) is 22.1. The molecule has 0 radical (unpaired) electrons. The molecular weight excluding hydrogens is 435 g/mol. The van der Waals surface area contributed by atoms with Gasteiger partial charge in [0, 0.05) is 49.1 Å². The van der Waals surface area contributed by atoms with Gasteiger partial charge < -0.3 is 20.3 Å². The van der Waals surface area contributed by atoms with Gasteiger partial charge in [-0.2, -0.15) is 0 Å². The van der Waals surface area contributed by atoms with Gasteiger partial charge in [0.25, 0.3) is 0 Å². The number of nitrogens with one attached hydrogen (secondary N) is 2. The maximum Gasteiger partial charge on any atom is 0.338 e. The Balaban J connectivity index is 1.53. The van der Waals surface area contributed by atoms with Crippen molar-refractivity contribution >= 4 is 29.3 Å². The lowest BCUT2D eigenvalue weighted by atomic mass is 9.95. The molecule has 1 atom stereocenters. The number of carbonyl (C=O) groups excluding carboxylic acids is 2. The van der Waals surface area contributed by atoms with Gasteiger partial charge in [-0.3, -0.25) is 4.90 Å². The van der Waals surface area contributed by atoms with E-state index in [1.54, 1.807) is 12.1 Å². The molecule has 0 aliphatic carbocycles. The van der Waals surface area contributed by atoms with E-state index in [0.717, 1.165) is 31.9 Å². The minimum atomic E-state index is -0.720. The first-order valence-electron chi connectivity index (χ1n) is 10.3. The summed E-state index contributed by atoms with van der Waals surface area (Å²) in [5, 5.41) is 6.22. The van der Waals surface area contributed by atoms with E-state index in [9.17, 15) is 14.0 Å². The number of hydrogen-bond donors (Lipinski definition) is 2. The number of benzene rings is 2. The molecule has 2 aliphatic rings. The fourth-order valence-corrected chi connectivity index (χ4v) is 4.16. The number of methoxy groups -OCH3 is 1. The molecule has 2 aromatic rings. The van der Waals surface area contributed by atoms with E-state index >= 15 is 0 Å². The van der Waals surface area contributed by atoms with Gasteiger partial charge in [0.05, 0.1) is 18.7 Å². The Morgan fingerprint density at radius 2 is 1.75 bits per heavy atom. The zero-order valence-electron chi connectivity index (χ0n) is 17.6. The van der Waals surface area contributed by atoms with Crippen LogP contribution in [0.4, 0.5) is 14.9 Å². The first-order chi connectivity index (χ1) is 15.4. The average molecular weight is 459 g/mol. The van der Waals surface area contributed by atoms with Crippen molar-refractivity contribution in [2.75, 3.05) is 44.7 Å². The van der Waals surface area contributed by atoms with Crippen LogP contribution in [0.25, 0.3) is 0 Å². The molecule has 2 aromatic carbocycles. The van der Waals surface area contributed by atoms with Crippen LogP contribution in [-0.2, 0) is 9.53 Å². The zero-order chi connectivity index (χ0) is 22.7. The molecular formula is C23H24ClFN4O3. The van der Waals surface area contributed by atoms with Crippen molar-refractivity contribution in [2.24, 2.45) is 0 Å². The van der Waals surface area contributed by atoms with Crippen LogP contribution in [0.5, 0.6) is 0 Å². The van der Waals surface area contributed by atoms with Crippen LogP contribution in [0.3, 0.4) is 0 Å². The number of urea groups is 1. The normalized spacial score (nSPS) is 19.4. The maximum absolute atomic E-state index is 13.4. The van der Waals surface area contributed by atoms with Gasteiger partial charge in [-0.05, 0) is 42.0 Å². The van der Waals surface area contributed by atoms with Crippen molar-refractivity contribution < 1.29 is 18.7 Å². The predicted molar refractivity (Wildman–Crippen MR) is 120 cm³/mol. The molecule has 32 heavy (non-hydrogen) atoms. The highest BCUT2D eigenvalue weighted by molar-refractivity contribution is 6.30. The molecule has 2 N–H and O–H groups in total. The topological polar surface area (TPSA) is 73.9 Å². The van der Waals surface area contributed by atoms with Crippen molar-refractivity contribution in [3.05, 3.63) is 76.2 Å². The van der Waals surface area contributed by atoms with Gasteiger partial charge in [-0.15, -0.1) is 0 Å². The van der Waals surface area contributed by atoms with E-state index in [2.05, 4.69) is 20.4 Å². The molecule has 0 spiro atoms. The molecule has 0 aromatic heterocycles. The molecule has 4 rings (SSSR count). The number of esters is 1. The van der Waals surface area contributed by atoms with E-state index in [1.165, 1.54) is 19.2 Å². The molecule has 168 valence electrons. The number of ether oxygens (including phenoxy) is 1. The van der Waals surface area contributed by atoms with E-state index in [-0.39, 0.29) is 0 Å². The van der Waals surface area contributed by atoms with Crippen molar-refractivity contribution in [1.82, 2.24) is 15.5 Å². The Kier molecular flexibility index (Phi) is 6.62. The summed E-state index contributed by atoms with van der Waals surface area (Å²) >= 11 is 5.98. The molecule has 2 amide bonds.